The van der Waals surface area contributed by atoms with Crippen molar-refractivity contribution in [3.8, 4) is 0 Å². The number of ether oxygens (including phenoxy) is 2. The van der Waals surface area contributed by atoms with Crippen molar-refractivity contribution in [2.45, 2.75) is 13.5 Å². The molecule has 0 saturated heterocycles. The molecule has 1 heterocycles. The Morgan fingerprint density at radius 2 is 1.86 bits per heavy atom. The fraction of sp³-hybridized carbons (Fsp3) is 0.200. The van der Waals surface area contributed by atoms with Crippen LogP contribution in [0.4, 0.5) is 11.4 Å². The van der Waals surface area contributed by atoms with Crippen molar-refractivity contribution in [2.24, 2.45) is 0 Å². The molecule has 0 radical (unpaired) electrons. The molecule has 0 spiro atoms. The molecular weight excluding hydrogens is 380 g/mol. The zero-order valence-corrected chi connectivity index (χ0v) is 15.5. The molecule has 1 N–H and O–H groups in total. The molecule has 1 amide bonds. The first-order valence-electron chi connectivity index (χ1n) is 8.79. The molecule has 9 nitrogen and oxygen atoms in total. The van der Waals surface area contributed by atoms with Gasteiger partial charge < -0.3 is 19.2 Å². The minimum absolute atomic E-state index is 0.0133. The van der Waals surface area contributed by atoms with Gasteiger partial charge in [-0.05, 0) is 19.1 Å². The lowest BCUT2D eigenvalue weighted by molar-refractivity contribution is -0.383. The van der Waals surface area contributed by atoms with Crippen LogP contribution >= 0.6 is 0 Å². The Morgan fingerprint density at radius 1 is 1.14 bits per heavy atom. The molecule has 150 valence electrons. The summed E-state index contributed by atoms with van der Waals surface area (Å²) in [7, 11) is 0. The molecule has 0 bridgehead atoms. The van der Waals surface area contributed by atoms with Gasteiger partial charge >= 0.3 is 5.97 Å². The van der Waals surface area contributed by atoms with Crippen molar-refractivity contribution in [1.82, 2.24) is 0 Å². The number of fused-ring (bicyclic) bond motifs is 1. The Labute approximate surface area is 165 Å². The second-order valence-electron chi connectivity index (χ2n) is 5.94. The first kappa shape index (κ1) is 20.0. The van der Waals surface area contributed by atoms with Crippen LogP contribution in [0.25, 0.3) is 11.0 Å². The van der Waals surface area contributed by atoms with Crippen LogP contribution in [0.15, 0.2) is 52.9 Å². The summed E-state index contributed by atoms with van der Waals surface area (Å²) < 4.78 is 16.0. The average molecular weight is 398 g/mol. The number of carbonyl (C=O) groups excluding carboxylic acids is 2. The zero-order valence-electron chi connectivity index (χ0n) is 15.5. The predicted molar refractivity (Wildman–Crippen MR) is 104 cm³/mol. The summed E-state index contributed by atoms with van der Waals surface area (Å²) in [6, 6.07) is 12.8. The number of nitrogens with one attached hydrogen (secondary N) is 1. The molecule has 1 aromatic heterocycles. The molecule has 9 heteroatoms. The number of amides is 1. The van der Waals surface area contributed by atoms with Gasteiger partial charge in [0.2, 0.25) is 5.76 Å². The van der Waals surface area contributed by atoms with Gasteiger partial charge in [-0.2, -0.15) is 0 Å². The van der Waals surface area contributed by atoms with Crippen LogP contribution < -0.4 is 5.32 Å². The summed E-state index contributed by atoms with van der Waals surface area (Å²) in [6.07, 6.45) is 0. The monoisotopic (exact) mass is 398 g/mol. The van der Waals surface area contributed by atoms with Gasteiger partial charge in [-0.25, -0.2) is 4.79 Å². The maximum absolute atomic E-state index is 12.5. The molecule has 0 aliphatic heterocycles. The fourth-order valence-electron chi connectivity index (χ4n) is 2.73. The molecule has 0 atom stereocenters. The Morgan fingerprint density at radius 3 is 2.62 bits per heavy atom. The van der Waals surface area contributed by atoms with Crippen LogP contribution in [0.2, 0.25) is 0 Å². The van der Waals surface area contributed by atoms with Crippen molar-refractivity contribution < 1.29 is 28.4 Å². The topological polar surface area (TPSA) is 121 Å². The molecule has 0 aliphatic carbocycles. The summed E-state index contributed by atoms with van der Waals surface area (Å²) in [4.78, 5) is 34.9. The lowest BCUT2D eigenvalue weighted by Crippen LogP contribution is -2.21. The number of nitro benzene ring substituents is 1. The van der Waals surface area contributed by atoms with Crippen LogP contribution in [0, 0.1) is 10.1 Å². The van der Waals surface area contributed by atoms with E-state index in [1.54, 1.807) is 24.3 Å². The van der Waals surface area contributed by atoms with E-state index in [4.69, 9.17) is 13.9 Å². The largest absolute Gasteiger partial charge is 0.450 e. The van der Waals surface area contributed by atoms with E-state index in [2.05, 4.69) is 5.32 Å². The van der Waals surface area contributed by atoms with Crippen molar-refractivity contribution in [1.29, 1.82) is 0 Å². The Balaban J connectivity index is 1.71. The number of esters is 1. The molecular formula is C20H18N2O7. The first-order chi connectivity index (χ1) is 14.0. The summed E-state index contributed by atoms with van der Waals surface area (Å²) in [5.74, 6) is -1.58. The van der Waals surface area contributed by atoms with Crippen LogP contribution in [0.5, 0.6) is 0 Å². The zero-order chi connectivity index (χ0) is 20.8. The van der Waals surface area contributed by atoms with Crippen LogP contribution in [-0.2, 0) is 20.9 Å². The van der Waals surface area contributed by atoms with Crippen LogP contribution in [0.1, 0.15) is 23.0 Å². The summed E-state index contributed by atoms with van der Waals surface area (Å²) in [5.41, 5.74) is 0.785. The molecule has 3 aromatic rings. The number of nitrogens with zero attached hydrogens (tertiary/aromatic N) is 1. The van der Waals surface area contributed by atoms with Gasteiger partial charge in [0.1, 0.15) is 11.3 Å². The number of benzene rings is 2. The Hall–Kier alpha value is -3.72. The normalized spacial score (nSPS) is 10.7. The molecule has 3 rings (SSSR count). The number of carbonyl (C=O) groups is 2. The van der Waals surface area contributed by atoms with Gasteiger partial charge in [-0.1, -0.05) is 30.3 Å². The number of hydrogen-bond donors (Lipinski definition) is 1. The summed E-state index contributed by atoms with van der Waals surface area (Å²) in [6.45, 7) is 1.80. The van der Waals surface area contributed by atoms with E-state index in [0.717, 1.165) is 5.39 Å². The molecule has 0 aliphatic rings. The van der Waals surface area contributed by atoms with E-state index in [1.165, 1.54) is 18.2 Å². The SMILES string of the molecule is CCOCc1c(C(=O)OCC(=O)Nc2ccccc2[N+](=O)[O-])oc2ccccc12. The second kappa shape index (κ2) is 8.98. The summed E-state index contributed by atoms with van der Waals surface area (Å²) in [5, 5.41) is 14.1. The molecule has 0 unspecified atom stereocenters. The lowest BCUT2D eigenvalue weighted by Gasteiger charge is -2.07. The smallest absolute Gasteiger partial charge is 0.375 e. The maximum Gasteiger partial charge on any atom is 0.375 e. The minimum atomic E-state index is -0.825. The van der Waals surface area contributed by atoms with E-state index in [1.807, 2.05) is 13.0 Å². The maximum atomic E-state index is 12.5. The highest BCUT2D eigenvalue weighted by atomic mass is 16.6. The Kier molecular flexibility index (Phi) is 6.20. The van der Waals surface area contributed by atoms with E-state index in [0.29, 0.717) is 17.8 Å². The fourth-order valence-corrected chi connectivity index (χ4v) is 2.73. The second-order valence-corrected chi connectivity index (χ2v) is 5.94. The highest BCUT2D eigenvalue weighted by Gasteiger charge is 2.23. The van der Waals surface area contributed by atoms with Gasteiger partial charge in [0.05, 0.1) is 11.5 Å². The molecule has 29 heavy (non-hydrogen) atoms. The van der Waals surface area contributed by atoms with Gasteiger partial charge in [-0.3, -0.25) is 14.9 Å². The third-order valence-electron chi connectivity index (χ3n) is 4.04. The minimum Gasteiger partial charge on any atom is -0.450 e. The van der Waals surface area contributed by atoms with Gasteiger partial charge in [0, 0.05) is 23.6 Å². The van der Waals surface area contributed by atoms with E-state index in [-0.39, 0.29) is 23.7 Å². The highest BCUT2D eigenvalue weighted by molar-refractivity contribution is 5.99. The number of nitro groups is 1. The lowest BCUT2D eigenvalue weighted by atomic mass is 10.1. The quantitative estimate of drug-likeness (QED) is 0.349. The predicted octanol–water partition coefficient (Wildman–Crippen LogP) is 3.67. The van der Waals surface area contributed by atoms with Crippen molar-refractivity contribution in [3.63, 3.8) is 0 Å². The van der Waals surface area contributed by atoms with Gasteiger partial charge in [0.25, 0.3) is 11.6 Å². The van der Waals surface area contributed by atoms with Crippen molar-refractivity contribution in [3.05, 3.63) is 70.0 Å². The molecule has 2 aromatic carbocycles. The van der Waals surface area contributed by atoms with Crippen molar-refractivity contribution in [2.75, 3.05) is 18.5 Å². The number of furan rings is 1. The third kappa shape index (κ3) is 4.58. The molecule has 0 fully saturated rings. The standard InChI is InChI=1S/C20H18N2O7/c1-2-27-11-14-13-7-3-6-10-17(13)29-19(14)20(24)28-12-18(23)21-15-8-4-5-9-16(15)22(25)26/h3-10H,2,11-12H2,1H3,(H,21,23). The van der Waals surface area contributed by atoms with E-state index in [9.17, 15) is 19.7 Å². The number of rotatable bonds is 8. The molecule has 0 saturated carbocycles. The number of anilines is 1. The van der Waals surface area contributed by atoms with Gasteiger partial charge in [-0.15, -0.1) is 0 Å². The third-order valence-corrected chi connectivity index (χ3v) is 4.04. The van der Waals surface area contributed by atoms with E-state index < -0.39 is 23.4 Å². The van der Waals surface area contributed by atoms with Crippen molar-refractivity contribution >= 4 is 34.2 Å². The average Bonchev–Trinajstić information content (AvgIpc) is 3.09. The highest BCUT2D eigenvalue weighted by Crippen LogP contribution is 2.27. The number of para-hydroxylation sites is 3. The van der Waals surface area contributed by atoms with E-state index >= 15 is 0 Å². The Bertz CT molecular complexity index is 1060. The first-order valence-corrected chi connectivity index (χ1v) is 8.79. The summed E-state index contributed by atoms with van der Waals surface area (Å²) >= 11 is 0. The van der Waals surface area contributed by atoms with Crippen LogP contribution in [0.3, 0.4) is 0 Å². The number of hydrogen-bond acceptors (Lipinski definition) is 7. The van der Waals surface area contributed by atoms with Crippen LogP contribution in [-0.4, -0.2) is 30.0 Å². The van der Waals surface area contributed by atoms with Gasteiger partial charge in [0.15, 0.2) is 6.61 Å².